The SMILES string of the molecule is CCC[C@@](C)(N)C(=O)NCCc1nc2c(F)cccc2n1C. The van der Waals surface area contributed by atoms with Crippen molar-refractivity contribution in [1.82, 2.24) is 14.9 Å². The monoisotopic (exact) mass is 306 g/mol. The molecule has 1 aromatic carbocycles. The Balaban J connectivity index is 2.02. The second-order valence-electron chi connectivity index (χ2n) is 5.87. The fourth-order valence-corrected chi connectivity index (χ4v) is 2.57. The van der Waals surface area contributed by atoms with Crippen LogP contribution in [0.1, 0.15) is 32.5 Å². The lowest BCUT2D eigenvalue weighted by atomic mass is 9.96. The number of rotatable bonds is 6. The zero-order valence-corrected chi connectivity index (χ0v) is 13.3. The summed E-state index contributed by atoms with van der Waals surface area (Å²) < 4.78 is 15.6. The quantitative estimate of drug-likeness (QED) is 0.856. The van der Waals surface area contributed by atoms with Crippen LogP contribution < -0.4 is 11.1 Å². The molecule has 2 rings (SSSR count). The molecule has 0 unspecified atom stereocenters. The van der Waals surface area contributed by atoms with Crippen molar-refractivity contribution in [3.63, 3.8) is 0 Å². The highest BCUT2D eigenvalue weighted by Crippen LogP contribution is 2.18. The normalized spacial score (nSPS) is 14.0. The van der Waals surface area contributed by atoms with Gasteiger partial charge in [-0.1, -0.05) is 19.4 Å². The minimum atomic E-state index is -0.854. The lowest BCUT2D eigenvalue weighted by Gasteiger charge is -2.22. The largest absolute Gasteiger partial charge is 0.354 e. The van der Waals surface area contributed by atoms with E-state index < -0.39 is 5.54 Å². The van der Waals surface area contributed by atoms with Crippen LogP contribution in [0.25, 0.3) is 11.0 Å². The summed E-state index contributed by atoms with van der Waals surface area (Å²) in [6, 6.07) is 4.88. The van der Waals surface area contributed by atoms with Gasteiger partial charge in [0.2, 0.25) is 5.91 Å². The summed E-state index contributed by atoms with van der Waals surface area (Å²) in [5.41, 5.74) is 6.23. The summed E-state index contributed by atoms with van der Waals surface area (Å²) in [6.45, 7) is 4.15. The summed E-state index contributed by atoms with van der Waals surface area (Å²) in [4.78, 5) is 16.3. The van der Waals surface area contributed by atoms with Crippen molar-refractivity contribution >= 4 is 16.9 Å². The van der Waals surface area contributed by atoms with E-state index in [1.54, 1.807) is 13.0 Å². The first-order chi connectivity index (χ1) is 10.4. The van der Waals surface area contributed by atoms with E-state index in [1.165, 1.54) is 6.07 Å². The first kappa shape index (κ1) is 16.4. The van der Waals surface area contributed by atoms with Gasteiger partial charge >= 0.3 is 0 Å². The zero-order valence-electron chi connectivity index (χ0n) is 13.3. The van der Waals surface area contributed by atoms with Gasteiger partial charge in [0.25, 0.3) is 0 Å². The molecule has 1 heterocycles. The molecule has 5 nitrogen and oxygen atoms in total. The molecule has 0 aliphatic rings. The highest BCUT2D eigenvalue weighted by atomic mass is 19.1. The van der Waals surface area contributed by atoms with Crippen molar-refractivity contribution in [3.05, 3.63) is 29.8 Å². The molecule has 0 saturated heterocycles. The minimum absolute atomic E-state index is 0.167. The van der Waals surface area contributed by atoms with Crippen LogP contribution >= 0.6 is 0 Å². The molecule has 0 aliphatic heterocycles. The summed E-state index contributed by atoms with van der Waals surface area (Å²) in [5.74, 6) is 0.231. The Bertz CT molecular complexity index is 678. The van der Waals surface area contributed by atoms with Crippen LogP contribution in [-0.2, 0) is 18.3 Å². The van der Waals surface area contributed by atoms with E-state index in [4.69, 9.17) is 5.73 Å². The molecule has 1 atom stereocenters. The smallest absolute Gasteiger partial charge is 0.239 e. The molecule has 0 aliphatic carbocycles. The van der Waals surface area contributed by atoms with E-state index in [2.05, 4.69) is 10.3 Å². The predicted octanol–water partition coefficient (Wildman–Crippen LogP) is 1.89. The summed E-state index contributed by atoms with van der Waals surface area (Å²) in [6.07, 6.45) is 2.01. The average molecular weight is 306 g/mol. The third-order valence-corrected chi connectivity index (χ3v) is 3.88. The number of hydrogen-bond donors (Lipinski definition) is 2. The Morgan fingerprint density at radius 3 is 2.86 bits per heavy atom. The lowest BCUT2D eigenvalue weighted by molar-refractivity contribution is -0.126. The van der Waals surface area contributed by atoms with Crippen molar-refractivity contribution in [1.29, 1.82) is 0 Å². The Hall–Kier alpha value is -1.95. The van der Waals surface area contributed by atoms with Gasteiger partial charge in [0.15, 0.2) is 5.82 Å². The molecular weight excluding hydrogens is 283 g/mol. The van der Waals surface area contributed by atoms with Crippen molar-refractivity contribution in [2.75, 3.05) is 6.54 Å². The summed E-state index contributed by atoms with van der Waals surface area (Å²) in [7, 11) is 1.84. The van der Waals surface area contributed by atoms with E-state index in [1.807, 2.05) is 24.6 Å². The van der Waals surface area contributed by atoms with E-state index in [-0.39, 0.29) is 11.7 Å². The molecule has 0 spiro atoms. The van der Waals surface area contributed by atoms with Crippen LogP contribution in [0.4, 0.5) is 4.39 Å². The number of amides is 1. The van der Waals surface area contributed by atoms with E-state index in [0.717, 1.165) is 17.8 Å². The first-order valence-corrected chi connectivity index (χ1v) is 7.54. The highest BCUT2D eigenvalue weighted by molar-refractivity contribution is 5.85. The Morgan fingerprint density at radius 1 is 1.50 bits per heavy atom. The fraction of sp³-hybridized carbons (Fsp3) is 0.500. The number of carbonyl (C=O) groups is 1. The molecule has 3 N–H and O–H groups in total. The number of halogens is 1. The molecule has 6 heteroatoms. The fourth-order valence-electron chi connectivity index (χ4n) is 2.57. The zero-order chi connectivity index (χ0) is 16.3. The summed E-state index contributed by atoms with van der Waals surface area (Å²) >= 11 is 0. The van der Waals surface area contributed by atoms with Crippen LogP contribution in [0.3, 0.4) is 0 Å². The Morgan fingerprint density at radius 2 is 2.23 bits per heavy atom. The van der Waals surface area contributed by atoms with Crippen molar-refractivity contribution in [3.8, 4) is 0 Å². The second-order valence-corrected chi connectivity index (χ2v) is 5.87. The predicted molar refractivity (Wildman–Crippen MR) is 84.9 cm³/mol. The van der Waals surface area contributed by atoms with Crippen molar-refractivity contribution < 1.29 is 9.18 Å². The maximum Gasteiger partial charge on any atom is 0.239 e. The molecule has 1 amide bonds. The number of carbonyl (C=O) groups excluding carboxylic acids is 1. The Labute approximate surface area is 129 Å². The third-order valence-electron chi connectivity index (χ3n) is 3.88. The maximum atomic E-state index is 13.7. The topological polar surface area (TPSA) is 72.9 Å². The molecule has 1 aromatic heterocycles. The number of imidazole rings is 1. The Kier molecular flexibility index (Phi) is 4.81. The highest BCUT2D eigenvalue weighted by Gasteiger charge is 2.26. The van der Waals surface area contributed by atoms with Crippen LogP contribution in [0.15, 0.2) is 18.2 Å². The van der Waals surface area contributed by atoms with Gasteiger partial charge in [-0.3, -0.25) is 4.79 Å². The number of nitrogens with zero attached hydrogens (tertiary/aromatic N) is 2. The van der Waals surface area contributed by atoms with Crippen LogP contribution in [-0.4, -0.2) is 27.5 Å². The van der Waals surface area contributed by atoms with Gasteiger partial charge in [-0.2, -0.15) is 0 Å². The van der Waals surface area contributed by atoms with Crippen LogP contribution in [0, 0.1) is 5.82 Å². The van der Waals surface area contributed by atoms with Gasteiger partial charge in [-0.25, -0.2) is 9.37 Å². The second kappa shape index (κ2) is 6.44. The van der Waals surface area contributed by atoms with Crippen LogP contribution in [0.5, 0.6) is 0 Å². The van der Waals surface area contributed by atoms with Gasteiger partial charge < -0.3 is 15.6 Å². The van der Waals surface area contributed by atoms with Gasteiger partial charge in [-0.15, -0.1) is 0 Å². The van der Waals surface area contributed by atoms with Crippen LogP contribution in [0.2, 0.25) is 0 Å². The minimum Gasteiger partial charge on any atom is -0.354 e. The van der Waals surface area contributed by atoms with Gasteiger partial charge in [0, 0.05) is 20.0 Å². The van der Waals surface area contributed by atoms with Gasteiger partial charge in [-0.05, 0) is 25.5 Å². The van der Waals surface area contributed by atoms with E-state index >= 15 is 0 Å². The lowest BCUT2D eigenvalue weighted by Crippen LogP contribution is -2.51. The number of nitrogens with one attached hydrogen (secondary N) is 1. The van der Waals surface area contributed by atoms with E-state index in [0.29, 0.717) is 24.9 Å². The molecule has 120 valence electrons. The standard InChI is InChI=1S/C16H23FN4O/c1-4-9-16(2,18)15(22)19-10-8-13-20-14-11(17)6-5-7-12(14)21(13)3/h5-7H,4,8-10,18H2,1-3H3,(H,19,22)/t16-/m1/s1. The summed E-state index contributed by atoms with van der Waals surface area (Å²) in [5, 5.41) is 2.83. The maximum absolute atomic E-state index is 13.7. The molecule has 22 heavy (non-hydrogen) atoms. The number of aryl methyl sites for hydroxylation is 1. The van der Waals surface area contributed by atoms with Crippen molar-refractivity contribution in [2.24, 2.45) is 12.8 Å². The molecule has 0 radical (unpaired) electrons. The first-order valence-electron chi connectivity index (χ1n) is 7.54. The van der Waals surface area contributed by atoms with Crippen molar-refractivity contribution in [2.45, 2.75) is 38.6 Å². The number of fused-ring (bicyclic) bond motifs is 1. The average Bonchev–Trinajstić information content (AvgIpc) is 2.77. The molecule has 0 fully saturated rings. The number of nitrogens with two attached hydrogens (primary N) is 1. The number of aromatic nitrogens is 2. The van der Waals surface area contributed by atoms with E-state index in [9.17, 15) is 9.18 Å². The van der Waals surface area contributed by atoms with Gasteiger partial charge in [0.1, 0.15) is 11.3 Å². The number of hydrogen-bond acceptors (Lipinski definition) is 3. The number of para-hydroxylation sites is 1. The molecule has 2 aromatic rings. The number of benzene rings is 1. The molecule has 0 saturated carbocycles. The third kappa shape index (κ3) is 3.27. The molecular formula is C16H23FN4O. The van der Waals surface area contributed by atoms with Gasteiger partial charge in [0.05, 0.1) is 11.1 Å². The molecule has 0 bridgehead atoms.